The third-order valence-corrected chi connectivity index (χ3v) is 3.14. The number of aromatic nitrogens is 3. The van der Waals surface area contributed by atoms with E-state index in [1.54, 1.807) is 24.3 Å². The molecule has 8 heteroatoms. The molecule has 0 saturated heterocycles. The Labute approximate surface area is 122 Å². The van der Waals surface area contributed by atoms with Crippen molar-refractivity contribution in [1.82, 2.24) is 14.8 Å². The maximum absolute atomic E-state index is 11.5. The Morgan fingerprint density at radius 3 is 2.76 bits per heavy atom. The molecule has 3 rings (SSSR count). The van der Waals surface area contributed by atoms with E-state index in [0.29, 0.717) is 10.7 Å². The van der Waals surface area contributed by atoms with E-state index in [-0.39, 0.29) is 16.7 Å². The topological polar surface area (TPSA) is 108 Å². The van der Waals surface area contributed by atoms with Gasteiger partial charge in [-0.15, -0.1) is 0 Å². The van der Waals surface area contributed by atoms with E-state index in [1.165, 1.54) is 4.68 Å². The maximum atomic E-state index is 11.5. The lowest BCUT2D eigenvalue weighted by Gasteiger charge is -2.03. The number of aromatic hydroxyl groups is 1. The molecular weight excluding hydrogens is 298 g/mol. The molecule has 0 aliphatic rings. The predicted molar refractivity (Wildman–Crippen MR) is 75.3 cm³/mol. The summed E-state index contributed by atoms with van der Waals surface area (Å²) >= 11 is 5.90. The fraction of sp³-hybridized carbons (Fsp3) is 0. The normalized spacial score (nSPS) is 10.9. The predicted octanol–water partition coefficient (Wildman–Crippen LogP) is 1.77. The number of aromatic amines is 1. The van der Waals surface area contributed by atoms with Gasteiger partial charge in [-0.3, -0.25) is 4.79 Å². The molecule has 0 aliphatic heterocycles. The number of benzene rings is 1. The molecule has 0 amide bonds. The number of H-pyrrole nitrogens is 1. The zero-order valence-electron chi connectivity index (χ0n) is 10.4. The average molecular weight is 306 g/mol. The molecule has 2 aromatic heterocycles. The lowest BCUT2D eigenvalue weighted by Crippen LogP contribution is -2.06. The summed E-state index contributed by atoms with van der Waals surface area (Å²) in [6.45, 7) is 0. The molecule has 0 spiro atoms. The highest BCUT2D eigenvalue weighted by molar-refractivity contribution is 6.30. The van der Waals surface area contributed by atoms with Gasteiger partial charge in [0, 0.05) is 11.1 Å². The first-order chi connectivity index (χ1) is 9.97. The zero-order chi connectivity index (χ0) is 15.1. The highest BCUT2D eigenvalue weighted by Gasteiger charge is 2.21. The van der Waals surface area contributed by atoms with Crippen molar-refractivity contribution in [3.05, 3.63) is 51.4 Å². The molecule has 0 bridgehead atoms. The first-order valence-electron chi connectivity index (χ1n) is 5.81. The Hall–Kier alpha value is -2.80. The van der Waals surface area contributed by atoms with Gasteiger partial charge in [0.15, 0.2) is 5.69 Å². The van der Waals surface area contributed by atoms with Crippen LogP contribution in [0.3, 0.4) is 0 Å². The quantitative estimate of drug-likeness (QED) is 0.668. The maximum Gasteiger partial charge on any atom is 0.357 e. The van der Waals surface area contributed by atoms with Crippen LogP contribution in [-0.4, -0.2) is 30.9 Å². The molecule has 0 aliphatic carbocycles. The second-order valence-electron chi connectivity index (χ2n) is 4.29. The molecule has 0 saturated carbocycles. The SMILES string of the molecule is O=C(O)c1nn(-c2cccc(Cl)c2)c2[nH]c(=O)cc(O)c12. The summed E-state index contributed by atoms with van der Waals surface area (Å²) in [6.07, 6.45) is 0. The number of fused-ring (bicyclic) bond motifs is 1. The van der Waals surface area contributed by atoms with Gasteiger partial charge in [0.25, 0.3) is 5.56 Å². The Morgan fingerprint density at radius 2 is 2.10 bits per heavy atom. The minimum absolute atomic E-state index is 0.0397. The number of nitrogens with zero attached hydrogens (tertiary/aromatic N) is 2. The molecular formula is C13H8ClN3O4. The molecule has 21 heavy (non-hydrogen) atoms. The fourth-order valence-corrected chi connectivity index (χ4v) is 2.25. The number of rotatable bonds is 2. The van der Waals surface area contributed by atoms with Gasteiger partial charge in [0.1, 0.15) is 11.4 Å². The molecule has 3 N–H and O–H groups in total. The molecule has 1 aromatic carbocycles. The Morgan fingerprint density at radius 1 is 1.33 bits per heavy atom. The van der Waals surface area contributed by atoms with Crippen LogP contribution in [0, 0.1) is 0 Å². The number of hydrogen-bond acceptors (Lipinski definition) is 4. The minimum Gasteiger partial charge on any atom is -0.507 e. The second kappa shape index (κ2) is 4.64. The van der Waals surface area contributed by atoms with Gasteiger partial charge in [0.2, 0.25) is 0 Å². The number of carbonyl (C=O) groups is 1. The lowest BCUT2D eigenvalue weighted by atomic mass is 10.2. The van der Waals surface area contributed by atoms with Gasteiger partial charge in [-0.2, -0.15) is 5.10 Å². The first-order valence-corrected chi connectivity index (χ1v) is 6.19. The van der Waals surface area contributed by atoms with Gasteiger partial charge in [-0.1, -0.05) is 17.7 Å². The summed E-state index contributed by atoms with van der Waals surface area (Å²) in [4.78, 5) is 25.2. The van der Waals surface area contributed by atoms with Crippen molar-refractivity contribution in [3.8, 4) is 11.4 Å². The molecule has 0 fully saturated rings. The van der Waals surface area contributed by atoms with Crippen LogP contribution in [0.4, 0.5) is 0 Å². The van der Waals surface area contributed by atoms with Gasteiger partial charge in [-0.25, -0.2) is 9.48 Å². The summed E-state index contributed by atoms with van der Waals surface area (Å²) in [6, 6.07) is 7.41. The minimum atomic E-state index is -1.32. The van der Waals surface area contributed by atoms with E-state index < -0.39 is 17.3 Å². The van der Waals surface area contributed by atoms with Crippen LogP contribution >= 0.6 is 11.6 Å². The van der Waals surface area contributed by atoms with Crippen LogP contribution in [-0.2, 0) is 0 Å². The van der Waals surface area contributed by atoms with Crippen LogP contribution in [0.15, 0.2) is 35.1 Å². The van der Waals surface area contributed by atoms with E-state index in [1.807, 2.05) is 0 Å². The van der Waals surface area contributed by atoms with Gasteiger partial charge in [-0.05, 0) is 18.2 Å². The molecule has 2 heterocycles. The van der Waals surface area contributed by atoms with E-state index in [4.69, 9.17) is 11.6 Å². The molecule has 106 valence electrons. The van der Waals surface area contributed by atoms with Crippen molar-refractivity contribution in [2.45, 2.75) is 0 Å². The van der Waals surface area contributed by atoms with E-state index in [9.17, 15) is 19.8 Å². The summed E-state index contributed by atoms with van der Waals surface area (Å²) < 4.78 is 1.21. The van der Waals surface area contributed by atoms with Gasteiger partial charge >= 0.3 is 5.97 Å². The Bertz CT molecular complexity index is 929. The number of nitrogens with one attached hydrogen (secondary N) is 1. The van der Waals surface area contributed by atoms with Crippen LogP contribution in [0.5, 0.6) is 5.75 Å². The lowest BCUT2D eigenvalue weighted by molar-refractivity contribution is 0.0691. The molecule has 3 aromatic rings. The van der Waals surface area contributed by atoms with E-state index in [0.717, 1.165) is 6.07 Å². The molecule has 0 atom stereocenters. The fourth-order valence-electron chi connectivity index (χ4n) is 2.07. The monoisotopic (exact) mass is 305 g/mol. The second-order valence-corrected chi connectivity index (χ2v) is 4.72. The van der Waals surface area contributed by atoms with Crippen molar-refractivity contribution in [1.29, 1.82) is 0 Å². The summed E-state index contributed by atoms with van der Waals surface area (Å²) in [5.41, 5.74) is -0.389. The van der Waals surface area contributed by atoms with Crippen molar-refractivity contribution in [2.75, 3.05) is 0 Å². The van der Waals surface area contributed by atoms with Gasteiger partial charge < -0.3 is 15.2 Å². The number of pyridine rings is 1. The third kappa shape index (κ3) is 2.13. The molecule has 7 nitrogen and oxygen atoms in total. The van der Waals surface area contributed by atoms with Crippen molar-refractivity contribution >= 4 is 28.6 Å². The number of halogens is 1. The van der Waals surface area contributed by atoms with Crippen molar-refractivity contribution < 1.29 is 15.0 Å². The Kier molecular flexibility index (Phi) is 2.91. The zero-order valence-corrected chi connectivity index (χ0v) is 11.1. The highest BCUT2D eigenvalue weighted by atomic mass is 35.5. The van der Waals surface area contributed by atoms with Crippen molar-refractivity contribution in [2.24, 2.45) is 0 Å². The first kappa shape index (κ1) is 13.2. The van der Waals surface area contributed by atoms with E-state index in [2.05, 4.69) is 10.1 Å². The standard InChI is InChI=1S/C13H8ClN3O4/c14-6-2-1-3-7(4-6)17-12-10(11(16-17)13(20)21)8(18)5-9(19)15-12/h1-5H,(H,20,21)(H2,15,18,19). The van der Waals surface area contributed by atoms with Crippen molar-refractivity contribution in [3.63, 3.8) is 0 Å². The average Bonchev–Trinajstić information content (AvgIpc) is 2.78. The molecule has 0 unspecified atom stereocenters. The third-order valence-electron chi connectivity index (χ3n) is 2.91. The number of aromatic carboxylic acids is 1. The van der Waals surface area contributed by atoms with Gasteiger partial charge in [0.05, 0.1) is 11.1 Å². The number of carboxylic acids is 1. The number of hydrogen-bond donors (Lipinski definition) is 3. The van der Waals surface area contributed by atoms with Crippen LogP contribution < -0.4 is 5.56 Å². The van der Waals surface area contributed by atoms with Crippen LogP contribution in [0.1, 0.15) is 10.5 Å². The van der Waals surface area contributed by atoms with E-state index >= 15 is 0 Å². The summed E-state index contributed by atoms with van der Waals surface area (Å²) in [5, 5.41) is 23.3. The summed E-state index contributed by atoms with van der Waals surface area (Å²) in [5.74, 6) is -1.76. The van der Waals surface area contributed by atoms with Crippen LogP contribution in [0.25, 0.3) is 16.7 Å². The smallest absolute Gasteiger partial charge is 0.357 e. The number of carboxylic acid groups (broad SMARTS) is 1. The highest BCUT2D eigenvalue weighted by Crippen LogP contribution is 2.27. The molecule has 0 radical (unpaired) electrons. The summed E-state index contributed by atoms with van der Waals surface area (Å²) in [7, 11) is 0. The Balaban J connectivity index is 2.44. The largest absolute Gasteiger partial charge is 0.507 e. The van der Waals surface area contributed by atoms with Crippen LogP contribution in [0.2, 0.25) is 5.02 Å².